The van der Waals surface area contributed by atoms with Crippen LogP contribution >= 0.6 is 0 Å². The van der Waals surface area contributed by atoms with Crippen LogP contribution in [0.3, 0.4) is 0 Å². The van der Waals surface area contributed by atoms with E-state index in [1.807, 2.05) is 13.8 Å². The number of rotatable bonds is 0. The van der Waals surface area contributed by atoms with Gasteiger partial charge in [0.1, 0.15) is 5.69 Å². The number of H-pyrrole nitrogens is 2. The molecule has 104 valence electrons. The van der Waals surface area contributed by atoms with E-state index in [1.54, 1.807) is 6.07 Å². The first-order valence-electron chi connectivity index (χ1n) is 6.01. The van der Waals surface area contributed by atoms with Gasteiger partial charge in [0, 0.05) is 17.1 Å². The smallest absolute Gasteiger partial charge is 0.358 e. The average Bonchev–Trinajstić information content (AvgIpc) is 2.63. The van der Waals surface area contributed by atoms with Gasteiger partial charge in [-0.3, -0.25) is 4.79 Å². The van der Waals surface area contributed by atoms with Crippen LogP contribution in [0.25, 0.3) is 21.8 Å². The number of halogens is 3. The highest BCUT2D eigenvalue weighted by Gasteiger charge is 2.32. The molecule has 0 saturated carbocycles. The molecular formula is C14H11F3N2O. The zero-order chi connectivity index (χ0) is 14.7. The molecule has 0 saturated heterocycles. The summed E-state index contributed by atoms with van der Waals surface area (Å²) in [6.45, 7) is 3.76. The second-order valence-electron chi connectivity index (χ2n) is 4.83. The van der Waals surface area contributed by atoms with Gasteiger partial charge in [0.15, 0.2) is 5.43 Å². The molecule has 0 fully saturated rings. The summed E-state index contributed by atoms with van der Waals surface area (Å²) >= 11 is 0. The van der Waals surface area contributed by atoms with E-state index in [4.69, 9.17) is 0 Å². The Hall–Kier alpha value is -2.24. The summed E-state index contributed by atoms with van der Waals surface area (Å²) in [4.78, 5) is 17.4. The third-order valence-electron chi connectivity index (χ3n) is 3.58. The highest BCUT2D eigenvalue weighted by Crippen LogP contribution is 2.30. The molecule has 3 rings (SSSR count). The molecule has 3 aromatic rings. The quantitative estimate of drug-likeness (QED) is 0.649. The van der Waals surface area contributed by atoms with Crippen molar-refractivity contribution in [3.05, 3.63) is 45.4 Å². The van der Waals surface area contributed by atoms with Gasteiger partial charge in [0.05, 0.1) is 16.4 Å². The Balaban J connectivity index is 2.48. The Bertz CT molecular complexity index is 887. The number of alkyl halides is 3. The second-order valence-corrected chi connectivity index (χ2v) is 4.83. The summed E-state index contributed by atoms with van der Waals surface area (Å²) < 4.78 is 38.1. The number of aromatic amines is 2. The SMILES string of the molecule is Cc1[nH]c2c(ccc3[nH]c(C(F)(F)F)cc(=O)c32)c1C. The van der Waals surface area contributed by atoms with Gasteiger partial charge in [-0.25, -0.2) is 0 Å². The zero-order valence-corrected chi connectivity index (χ0v) is 10.8. The maximum Gasteiger partial charge on any atom is 0.431 e. The van der Waals surface area contributed by atoms with E-state index in [0.29, 0.717) is 11.6 Å². The topological polar surface area (TPSA) is 48.6 Å². The monoisotopic (exact) mass is 280 g/mol. The summed E-state index contributed by atoms with van der Waals surface area (Å²) in [5, 5.41) is 1.10. The van der Waals surface area contributed by atoms with E-state index in [9.17, 15) is 18.0 Å². The lowest BCUT2D eigenvalue weighted by Crippen LogP contribution is -2.14. The van der Waals surface area contributed by atoms with E-state index >= 15 is 0 Å². The molecule has 0 atom stereocenters. The van der Waals surface area contributed by atoms with E-state index in [1.165, 1.54) is 6.07 Å². The highest BCUT2D eigenvalue weighted by atomic mass is 19.4. The third-order valence-corrected chi connectivity index (χ3v) is 3.58. The fourth-order valence-corrected chi connectivity index (χ4v) is 2.43. The number of hydrogen-bond donors (Lipinski definition) is 2. The molecule has 1 aromatic carbocycles. The molecule has 0 aliphatic heterocycles. The van der Waals surface area contributed by atoms with Crippen molar-refractivity contribution in [3.63, 3.8) is 0 Å². The van der Waals surface area contributed by atoms with Gasteiger partial charge in [0.2, 0.25) is 0 Å². The summed E-state index contributed by atoms with van der Waals surface area (Å²) in [7, 11) is 0. The number of nitrogens with one attached hydrogen (secondary N) is 2. The van der Waals surface area contributed by atoms with Crippen molar-refractivity contribution in [1.29, 1.82) is 0 Å². The van der Waals surface area contributed by atoms with E-state index in [-0.39, 0.29) is 10.9 Å². The van der Waals surface area contributed by atoms with Crippen molar-refractivity contribution in [2.75, 3.05) is 0 Å². The summed E-state index contributed by atoms with van der Waals surface area (Å²) in [5.41, 5.74) is 0.964. The van der Waals surface area contributed by atoms with Crippen molar-refractivity contribution in [1.82, 2.24) is 9.97 Å². The van der Waals surface area contributed by atoms with Crippen LogP contribution in [0.2, 0.25) is 0 Å². The van der Waals surface area contributed by atoms with Crippen LogP contribution in [-0.4, -0.2) is 9.97 Å². The summed E-state index contributed by atoms with van der Waals surface area (Å²) in [6.07, 6.45) is -4.57. The van der Waals surface area contributed by atoms with Crippen molar-refractivity contribution < 1.29 is 13.2 Å². The highest BCUT2D eigenvalue weighted by molar-refractivity contribution is 6.05. The number of hydrogen-bond acceptors (Lipinski definition) is 1. The van der Waals surface area contributed by atoms with Crippen LogP contribution in [0.1, 0.15) is 17.0 Å². The Morgan fingerprint density at radius 3 is 2.45 bits per heavy atom. The number of pyridine rings is 1. The Kier molecular flexibility index (Phi) is 2.48. The molecule has 3 nitrogen and oxygen atoms in total. The van der Waals surface area contributed by atoms with Gasteiger partial charge in [-0.15, -0.1) is 0 Å². The fourth-order valence-electron chi connectivity index (χ4n) is 2.43. The molecular weight excluding hydrogens is 269 g/mol. The molecule has 0 aliphatic carbocycles. The van der Waals surface area contributed by atoms with Crippen molar-refractivity contribution in [2.24, 2.45) is 0 Å². The minimum Gasteiger partial charge on any atom is -0.358 e. The number of fused-ring (bicyclic) bond motifs is 3. The molecule has 0 bridgehead atoms. The lowest BCUT2D eigenvalue weighted by molar-refractivity contribution is -0.141. The Labute approximate surface area is 111 Å². The van der Waals surface area contributed by atoms with E-state index in [0.717, 1.165) is 16.6 Å². The Morgan fingerprint density at radius 2 is 1.80 bits per heavy atom. The average molecular weight is 280 g/mol. The fraction of sp³-hybridized carbons (Fsp3) is 0.214. The van der Waals surface area contributed by atoms with Gasteiger partial charge in [0.25, 0.3) is 0 Å². The molecule has 0 radical (unpaired) electrons. The van der Waals surface area contributed by atoms with Crippen LogP contribution in [0.15, 0.2) is 23.0 Å². The molecule has 0 aliphatic rings. The molecule has 2 heterocycles. The minimum atomic E-state index is -4.57. The van der Waals surface area contributed by atoms with Crippen LogP contribution in [0.4, 0.5) is 13.2 Å². The largest absolute Gasteiger partial charge is 0.431 e. The van der Waals surface area contributed by atoms with E-state index < -0.39 is 17.3 Å². The summed E-state index contributed by atoms with van der Waals surface area (Å²) in [5.74, 6) is 0. The Morgan fingerprint density at radius 1 is 1.10 bits per heavy atom. The standard InChI is InChI=1S/C14H11F3N2O/c1-6-7(2)18-13-8(6)3-4-9-12(13)10(20)5-11(19-9)14(15,16)17/h3-5,18H,1-2H3,(H,19,20). The van der Waals surface area contributed by atoms with E-state index in [2.05, 4.69) is 9.97 Å². The predicted molar refractivity (Wildman–Crippen MR) is 70.9 cm³/mol. The normalized spacial score (nSPS) is 12.4. The number of benzene rings is 1. The molecule has 2 N–H and O–H groups in total. The van der Waals surface area contributed by atoms with Crippen LogP contribution in [0, 0.1) is 13.8 Å². The molecule has 0 amide bonds. The molecule has 0 spiro atoms. The molecule has 0 unspecified atom stereocenters. The first-order valence-corrected chi connectivity index (χ1v) is 6.01. The van der Waals surface area contributed by atoms with Crippen LogP contribution in [0.5, 0.6) is 0 Å². The zero-order valence-electron chi connectivity index (χ0n) is 10.8. The van der Waals surface area contributed by atoms with Gasteiger partial charge >= 0.3 is 6.18 Å². The minimum absolute atomic E-state index is 0.179. The molecule has 2 aromatic heterocycles. The lowest BCUT2D eigenvalue weighted by Gasteiger charge is -2.08. The maximum atomic E-state index is 12.7. The summed E-state index contributed by atoms with van der Waals surface area (Å²) in [6, 6.07) is 3.83. The van der Waals surface area contributed by atoms with Gasteiger partial charge in [-0.1, -0.05) is 6.07 Å². The third kappa shape index (κ3) is 1.71. The maximum absolute atomic E-state index is 12.7. The first kappa shape index (κ1) is 12.8. The molecule has 6 heteroatoms. The lowest BCUT2D eigenvalue weighted by atomic mass is 10.1. The van der Waals surface area contributed by atoms with Crippen molar-refractivity contribution in [3.8, 4) is 0 Å². The van der Waals surface area contributed by atoms with Gasteiger partial charge in [-0.2, -0.15) is 13.2 Å². The predicted octanol–water partition coefficient (Wildman–Crippen LogP) is 3.65. The number of aryl methyl sites for hydroxylation is 2. The van der Waals surface area contributed by atoms with Crippen LogP contribution < -0.4 is 5.43 Å². The van der Waals surface area contributed by atoms with Crippen molar-refractivity contribution in [2.45, 2.75) is 20.0 Å². The van der Waals surface area contributed by atoms with Crippen molar-refractivity contribution >= 4 is 21.8 Å². The molecule has 20 heavy (non-hydrogen) atoms. The van der Waals surface area contributed by atoms with Crippen LogP contribution in [-0.2, 0) is 6.18 Å². The number of aromatic nitrogens is 2. The first-order chi connectivity index (χ1) is 9.29. The van der Waals surface area contributed by atoms with Gasteiger partial charge < -0.3 is 9.97 Å². The van der Waals surface area contributed by atoms with Gasteiger partial charge in [-0.05, 0) is 25.5 Å². The second kappa shape index (κ2) is 3.88.